The number of halogens is 1. The Balaban J connectivity index is 1.71. The molecule has 0 radical (unpaired) electrons. The summed E-state index contributed by atoms with van der Waals surface area (Å²) < 4.78 is 10.6. The second-order valence-corrected chi connectivity index (χ2v) is 5.89. The average molecular weight is 346 g/mol. The molecule has 1 aliphatic rings. The number of amides is 1. The highest BCUT2D eigenvalue weighted by molar-refractivity contribution is 6.30. The van der Waals surface area contributed by atoms with Gasteiger partial charge in [0.1, 0.15) is 0 Å². The van der Waals surface area contributed by atoms with Crippen LogP contribution in [0.5, 0.6) is 11.5 Å². The lowest BCUT2D eigenvalue weighted by atomic mass is 10.1. The van der Waals surface area contributed by atoms with Crippen molar-refractivity contribution in [1.82, 2.24) is 0 Å². The predicted molar refractivity (Wildman–Crippen MR) is 90.5 cm³/mol. The number of carbonyl (C=O) groups is 2. The Morgan fingerprint density at radius 1 is 1.12 bits per heavy atom. The van der Waals surface area contributed by atoms with E-state index in [1.807, 2.05) is 0 Å². The van der Waals surface area contributed by atoms with Crippen molar-refractivity contribution in [3.05, 3.63) is 53.6 Å². The average Bonchev–Trinajstić information content (AvgIpc) is 2.98. The van der Waals surface area contributed by atoms with Crippen molar-refractivity contribution in [2.45, 2.75) is 6.42 Å². The molecule has 1 amide bonds. The largest absolute Gasteiger partial charge is 0.493 e. The van der Waals surface area contributed by atoms with Crippen molar-refractivity contribution >= 4 is 29.2 Å². The molecule has 1 unspecified atom stereocenters. The molecule has 2 aromatic rings. The van der Waals surface area contributed by atoms with Crippen LogP contribution in [0.25, 0.3) is 0 Å². The van der Waals surface area contributed by atoms with Gasteiger partial charge in [-0.05, 0) is 36.4 Å². The van der Waals surface area contributed by atoms with Crippen LogP contribution in [0.1, 0.15) is 6.42 Å². The van der Waals surface area contributed by atoms with Crippen LogP contribution in [0, 0.1) is 5.92 Å². The summed E-state index contributed by atoms with van der Waals surface area (Å²) in [5, 5.41) is 0.595. The van der Waals surface area contributed by atoms with Gasteiger partial charge in [-0.25, -0.2) is 0 Å². The first-order valence-electron chi connectivity index (χ1n) is 7.49. The van der Waals surface area contributed by atoms with E-state index in [1.54, 1.807) is 53.4 Å². The Bertz CT molecular complexity index is 760. The maximum absolute atomic E-state index is 12.4. The van der Waals surface area contributed by atoms with Crippen molar-refractivity contribution in [2.24, 2.45) is 5.92 Å². The first-order valence-corrected chi connectivity index (χ1v) is 7.87. The topological polar surface area (TPSA) is 55.8 Å². The summed E-state index contributed by atoms with van der Waals surface area (Å²) in [4.78, 5) is 26.2. The third kappa shape index (κ3) is 3.36. The molecule has 0 aromatic heterocycles. The molecule has 0 N–H and O–H groups in total. The van der Waals surface area contributed by atoms with Gasteiger partial charge in [-0.3, -0.25) is 9.59 Å². The number of rotatable bonds is 4. The zero-order valence-corrected chi connectivity index (χ0v) is 13.8. The lowest BCUT2D eigenvalue weighted by Crippen LogP contribution is -2.27. The van der Waals surface area contributed by atoms with Gasteiger partial charge < -0.3 is 14.4 Å². The van der Waals surface area contributed by atoms with Crippen LogP contribution in [-0.2, 0) is 9.59 Å². The smallest absolute Gasteiger partial charge is 0.316 e. The maximum Gasteiger partial charge on any atom is 0.316 e. The van der Waals surface area contributed by atoms with Crippen LogP contribution in [0.3, 0.4) is 0 Å². The minimum Gasteiger partial charge on any atom is -0.493 e. The number of methoxy groups -OCH3 is 1. The van der Waals surface area contributed by atoms with Crippen molar-refractivity contribution in [3.8, 4) is 11.5 Å². The van der Waals surface area contributed by atoms with E-state index in [-0.39, 0.29) is 18.9 Å². The Labute approximate surface area is 144 Å². The number of carbonyl (C=O) groups excluding carboxylic acids is 2. The minimum absolute atomic E-state index is 0.112. The van der Waals surface area contributed by atoms with Crippen molar-refractivity contribution in [2.75, 3.05) is 18.6 Å². The Hall–Kier alpha value is -2.53. The van der Waals surface area contributed by atoms with Gasteiger partial charge in [0.05, 0.1) is 13.0 Å². The van der Waals surface area contributed by atoms with Crippen LogP contribution >= 0.6 is 11.6 Å². The van der Waals surface area contributed by atoms with E-state index in [9.17, 15) is 9.59 Å². The first kappa shape index (κ1) is 16.3. The molecule has 5 nitrogen and oxygen atoms in total. The lowest BCUT2D eigenvalue weighted by molar-refractivity contribution is -0.139. The number of hydrogen-bond donors (Lipinski definition) is 0. The van der Waals surface area contributed by atoms with Crippen LogP contribution in [-0.4, -0.2) is 25.5 Å². The van der Waals surface area contributed by atoms with Gasteiger partial charge in [0.2, 0.25) is 5.91 Å². The zero-order valence-electron chi connectivity index (χ0n) is 13.1. The Morgan fingerprint density at radius 2 is 1.79 bits per heavy atom. The van der Waals surface area contributed by atoms with Crippen LogP contribution < -0.4 is 14.4 Å². The Kier molecular flexibility index (Phi) is 4.71. The molecule has 0 saturated carbocycles. The molecule has 1 heterocycles. The molecule has 124 valence electrons. The Morgan fingerprint density at radius 3 is 2.46 bits per heavy atom. The summed E-state index contributed by atoms with van der Waals surface area (Å²) in [5.74, 6) is -0.242. The van der Waals surface area contributed by atoms with Crippen LogP contribution in [0.2, 0.25) is 5.02 Å². The molecular formula is C18H16ClNO4. The van der Waals surface area contributed by atoms with Gasteiger partial charge in [0.25, 0.3) is 0 Å². The fraction of sp³-hybridized carbons (Fsp3) is 0.222. The number of para-hydroxylation sites is 2. The molecule has 1 fully saturated rings. The summed E-state index contributed by atoms with van der Waals surface area (Å²) >= 11 is 5.86. The van der Waals surface area contributed by atoms with Crippen LogP contribution in [0.15, 0.2) is 48.5 Å². The number of nitrogens with zero attached hydrogens (tertiary/aromatic N) is 1. The lowest BCUT2D eigenvalue weighted by Gasteiger charge is -2.16. The maximum atomic E-state index is 12.4. The molecule has 1 saturated heterocycles. The number of anilines is 1. The monoisotopic (exact) mass is 345 g/mol. The zero-order chi connectivity index (χ0) is 17.1. The number of hydrogen-bond acceptors (Lipinski definition) is 4. The highest BCUT2D eigenvalue weighted by Crippen LogP contribution is 2.30. The normalized spacial score (nSPS) is 17.0. The quantitative estimate of drug-likeness (QED) is 0.630. The van der Waals surface area contributed by atoms with Crippen LogP contribution in [0.4, 0.5) is 5.69 Å². The van der Waals surface area contributed by atoms with E-state index in [2.05, 4.69) is 0 Å². The molecule has 24 heavy (non-hydrogen) atoms. The van der Waals surface area contributed by atoms with E-state index in [0.29, 0.717) is 16.5 Å². The molecule has 1 atom stereocenters. The third-order valence-electron chi connectivity index (χ3n) is 3.88. The fourth-order valence-corrected chi connectivity index (χ4v) is 2.76. The molecule has 1 aliphatic heterocycles. The second kappa shape index (κ2) is 6.93. The molecule has 0 spiro atoms. The van der Waals surface area contributed by atoms with E-state index in [0.717, 1.165) is 5.69 Å². The highest BCUT2D eigenvalue weighted by Gasteiger charge is 2.36. The number of ether oxygens (including phenoxy) is 2. The predicted octanol–water partition coefficient (Wildman–Crippen LogP) is 3.31. The van der Waals surface area contributed by atoms with E-state index in [1.165, 1.54) is 7.11 Å². The van der Waals surface area contributed by atoms with Crippen molar-refractivity contribution in [3.63, 3.8) is 0 Å². The second-order valence-electron chi connectivity index (χ2n) is 5.45. The molecule has 0 aliphatic carbocycles. The minimum atomic E-state index is -0.516. The standard InChI is InChI=1S/C18H16ClNO4/c1-23-15-4-2-3-5-16(15)24-18(22)12-10-17(21)20(11-12)14-8-6-13(19)7-9-14/h2-9,12H,10-11H2,1H3. The highest BCUT2D eigenvalue weighted by atomic mass is 35.5. The summed E-state index contributed by atoms with van der Waals surface area (Å²) in [5.41, 5.74) is 0.719. The van der Waals surface area contributed by atoms with Gasteiger partial charge in [0, 0.05) is 23.7 Å². The molecule has 0 bridgehead atoms. The summed E-state index contributed by atoms with van der Waals surface area (Å²) in [7, 11) is 1.51. The van der Waals surface area contributed by atoms with Gasteiger partial charge in [-0.2, -0.15) is 0 Å². The summed E-state index contributed by atoms with van der Waals surface area (Å²) in [6, 6.07) is 13.9. The number of esters is 1. The van der Waals surface area contributed by atoms with E-state index >= 15 is 0 Å². The SMILES string of the molecule is COc1ccccc1OC(=O)C1CC(=O)N(c2ccc(Cl)cc2)C1. The first-order chi connectivity index (χ1) is 11.6. The van der Waals surface area contributed by atoms with Crippen molar-refractivity contribution < 1.29 is 19.1 Å². The fourth-order valence-electron chi connectivity index (χ4n) is 2.63. The van der Waals surface area contributed by atoms with E-state index in [4.69, 9.17) is 21.1 Å². The molecule has 3 rings (SSSR count). The summed E-state index contributed by atoms with van der Waals surface area (Å²) in [6.45, 7) is 0.286. The molecule has 6 heteroatoms. The molecule has 2 aromatic carbocycles. The third-order valence-corrected chi connectivity index (χ3v) is 4.13. The van der Waals surface area contributed by atoms with Gasteiger partial charge in [-0.15, -0.1) is 0 Å². The van der Waals surface area contributed by atoms with Crippen molar-refractivity contribution in [1.29, 1.82) is 0 Å². The molecular weight excluding hydrogens is 330 g/mol. The summed E-state index contributed by atoms with van der Waals surface area (Å²) in [6.07, 6.45) is 0.122. The van der Waals surface area contributed by atoms with Gasteiger partial charge >= 0.3 is 5.97 Å². The van der Waals surface area contributed by atoms with E-state index < -0.39 is 11.9 Å². The van der Waals surface area contributed by atoms with Gasteiger partial charge in [-0.1, -0.05) is 23.7 Å². The number of benzene rings is 2. The van der Waals surface area contributed by atoms with Gasteiger partial charge in [0.15, 0.2) is 11.5 Å².